The van der Waals surface area contributed by atoms with Gasteiger partial charge in [0.15, 0.2) is 0 Å². The second-order valence-corrected chi connectivity index (χ2v) is 6.47. The van der Waals surface area contributed by atoms with E-state index in [2.05, 4.69) is 6.92 Å². The predicted octanol–water partition coefficient (Wildman–Crippen LogP) is 4.04. The van der Waals surface area contributed by atoms with E-state index >= 15 is 0 Å². The Labute approximate surface area is 145 Å². The van der Waals surface area contributed by atoms with Gasteiger partial charge in [-0.3, -0.25) is 0 Å². The zero-order valence-electron chi connectivity index (χ0n) is 14.7. The lowest BCUT2D eigenvalue weighted by molar-refractivity contribution is 0.304. The fourth-order valence-corrected chi connectivity index (χ4v) is 2.92. The normalized spacial score (nSPS) is 11.0. The summed E-state index contributed by atoms with van der Waals surface area (Å²) < 4.78 is 5.84. The molecule has 0 aliphatic heterocycles. The largest absolute Gasteiger partial charge is 0.494 e. The van der Waals surface area contributed by atoms with Gasteiger partial charge >= 0.3 is 7.12 Å². The Bertz CT molecular complexity index is 613. The van der Waals surface area contributed by atoms with Gasteiger partial charge in [-0.1, -0.05) is 76.1 Å². The average molecular weight is 328 g/mol. The third kappa shape index (κ3) is 6.18. The molecule has 2 rings (SSSR count). The van der Waals surface area contributed by atoms with Crippen LogP contribution in [-0.2, 0) is 0 Å². The molecule has 0 aliphatic carbocycles. The Balaban J connectivity index is 1.70. The first-order chi connectivity index (χ1) is 11.7. The molecule has 0 saturated carbocycles. The monoisotopic (exact) mass is 328 g/mol. The van der Waals surface area contributed by atoms with E-state index in [9.17, 15) is 10.0 Å². The van der Waals surface area contributed by atoms with Gasteiger partial charge in [0, 0.05) is 0 Å². The van der Waals surface area contributed by atoms with Gasteiger partial charge in [-0.05, 0) is 34.8 Å². The van der Waals surface area contributed by atoms with Crippen molar-refractivity contribution in [3.8, 4) is 5.75 Å². The van der Waals surface area contributed by atoms with Gasteiger partial charge in [0.1, 0.15) is 5.75 Å². The zero-order valence-corrected chi connectivity index (χ0v) is 14.7. The molecule has 2 N–H and O–H groups in total. The Kier molecular flexibility index (Phi) is 8.13. The van der Waals surface area contributed by atoms with E-state index in [1.165, 1.54) is 44.9 Å². The highest BCUT2D eigenvalue weighted by Gasteiger charge is 2.10. The third-order valence-corrected chi connectivity index (χ3v) is 4.40. The highest BCUT2D eigenvalue weighted by atomic mass is 16.5. The smallest absolute Gasteiger partial charge is 0.488 e. The van der Waals surface area contributed by atoms with Gasteiger partial charge in [-0.2, -0.15) is 0 Å². The summed E-state index contributed by atoms with van der Waals surface area (Å²) in [5.41, 5.74) is 0.509. The van der Waals surface area contributed by atoms with Gasteiger partial charge < -0.3 is 14.8 Å². The average Bonchev–Trinajstić information content (AvgIpc) is 2.59. The van der Waals surface area contributed by atoms with Crippen molar-refractivity contribution < 1.29 is 14.8 Å². The molecule has 130 valence electrons. The zero-order chi connectivity index (χ0) is 17.2. The van der Waals surface area contributed by atoms with Gasteiger partial charge in [0.05, 0.1) is 6.61 Å². The second-order valence-electron chi connectivity index (χ2n) is 6.47. The number of hydrogen-bond donors (Lipinski definition) is 2. The summed E-state index contributed by atoms with van der Waals surface area (Å²) in [4.78, 5) is 0. The van der Waals surface area contributed by atoms with Crippen LogP contribution in [0.15, 0.2) is 36.4 Å². The van der Waals surface area contributed by atoms with Crippen molar-refractivity contribution in [1.29, 1.82) is 0 Å². The topological polar surface area (TPSA) is 49.7 Å². The second kappa shape index (κ2) is 10.4. The van der Waals surface area contributed by atoms with Crippen LogP contribution in [0, 0.1) is 0 Å². The first kappa shape index (κ1) is 18.8. The molecular formula is C20H29BO3. The van der Waals surface area contributed by atoms with Crippen molar-refractivity contribution in [3.05, 3.63) is 36.4 Å². The molecular weight excluding hydrogens is 299 g/mol. The summed E-state index contributed by atoms with van der Waals surface area (Å²) in [7, 11) is -1.42. The van der Waals surface area contributed by atoms with Crippen LogP contribution in [0.1, 0.15) is 58.3 Å². The maximum atomic E-state index is 9.22. The van der Waals surface area contributed by atoms with E-state index in [-0.39, 0.29) is 0 Å². The lowest BCUT2D eigenvalue weighted by atomic mass is 9.79. The number of fused-ring (bicyclic) bond motifs is 1. The van der Waals surface area contributed by atoms with Crippen LogP contribution in [-0.4, -0.2) is 23.8 Å². The third-order valence-electron chi connectivity index (χ3n) is 4.40. The lowest BCUT2D eigenvalue weighted by Gasteiger charge is -2.08. The summed E-state index contributed by atoms with van der Waals surface area (Å²) in [6.07, 6.45) is 10.4. The van der Waals surface area contributed by atoms with Crippen LogP contribution in [0.4, 0.5) is 0 Å². The molecule has 0 aliphatic rings. The minimum atomic E-state index is -1.42. The standard InChI is InChI=1S/C20H29BO3/c1-2-3-4-5-6-7-8-9-14-24-20-13-11-17-15-19(21(22)23)12-10-18(17)16-20/h10-13,15-16,22-23H,2-9,14H2,1H3. The first-order valence-electron chi connectivity index (χ1n) is 9.23. The fraction of sp³-hybridized carbons (Fsp3) is 0.500. The minimum absolute atomic E-state index is 0.509. The van der Waals surface area contributed by atoms with Crippen molar-refractivity contribution >= 4 is 23.4 Å². The van der Waals surface area contributed by atoms with Crippen LogP contribution in [0.3, 0.4) is 0 Å². The summed E-state index contributed by atoms with van der Waals surface area (Å²) in [5, 5.41) is 20.5. The molecule has 2 aromatic rings. The van der Waals surface area contributed by atoms with E-state index < -0.39 is 7.12 Å². The number of unbranched alkanes of at least 4 members (excludes halogenated alkanes) is 7. The first-order valence-corrected chi connectivity index (χ1v) is 9.23. The van der Waals surface area contributed by atoms with Gasteiger partial charge in [-0.15, -0.1) is 0 Å². The number of hydrogen-bond acceptors (Lipinski definition) is 3. The van der Waals surface area contributed by atoms with Crippen molar-refractivity contribution in [2.24, 2.45) is 0 Å². The van der Waals surface area contributed by atoms with Crippen molar-refractivity contribution in [3.63, 3.8) is 0 Å². The van der Waals surface area contributed by atoms with E-state index in [0.717, 1.165) is 29.5 Å². The van der Waals surface area contributed by atoms with Gasteiger partial charge in [0.2, 0.25) is 0 Å². The van der Waals surface area contributed by atoms with Gasteiger partial charge in [0.25, 0.3) is 0 Å². The SMILES string of the molecule is CCCCCCCCCCOc1ccc2cc(B(O)O)ccc2c1. The Hall–Kier alpha value is -1.52. The summed E-state index contributed by atoms with van der Waals surface area (Å²) >= 11 is 0. The maximum Gasteiger partial charge on any atom is 0.488 e. The summed E-state index contributed by atoms with van der Waals surface area (Å²) in [6.45, 7) is 3.01. The Morgan fingerprint density at radius 2 is 1.42 bits per heavy atom. The highest BCUT2D eigenvalue weighted by molar-refractivity contribution is 6.58. The molecule has 0 unspecified atom stereocenters. The van der Waals surface area contributed by atoms with Crippen LogP contribution in [0.2, 0.25) is 0 Å². The molecule has 0 saturated heterocycles. The number of benzene rings is 2. The van der Waals surface area contributed by atoms with Crippen LogP contribution in [0.25, 0.3) is 10.8 Å². The van der Waals surface area contributed by atoms with Crippen molar-refractivity contribution in [1.82, 2.24) is 0 Å². The molecule has 4 heteroatoms. The molecule has 0 atom stereocenters. The van der Waals surface area contributed by atoms with Crippen LogP contribution < -0.4 is 10.2 Å². The summed E-state index contributed by atoms with van der Waals surface area (Å²) in [6, 6.07) is 11.3. The molecule has 24 heavy (non-hydrogen) atoms. The molecule has 0 aromatic heterocycles. The Morgan fingerprint density at radius 1 is 0.792 bits per heavy atom. The van der Waals surface area contributed by atoms with Crippen molar-refractivity contribution in [2.75, 3.05) is 6.61 Å². The van der Waals surface area contributed by atoms with E-state index in [1.54, 1.807) is 12.1 Å². The molecule has 0 bridgehead atoms. The molecule has 0 fully saturated rings. The molecule has 2 aromatic carbocycles. The number of rotatable bonds is 11. The Morgan fingerprint density at radius 3 is 2.12 bits per heavy atom. The molecule has 0 spiro atoms. The van der Waals surface area contributed by atoms with Gasteiger partial charge in [-0.25, -0.2) is 0 Å². The molecule has 0 heterocycles. The summed E-state index contributed by atoms with van der Waals surface area (Å²) in [5.74, 6) is 0.878. The van der Waals surface area contributed by atoms with Crippen molar-refractivity contribution in [2.45, 2.75) is 58.3 Å². The molecule has 3 nitrogen and oxygen atoms in total. The minimum Gasteiger partial charge on any atom is -0.494 e. The maximum absolute atomic E-state index is 9.22. The van der Waals surface area contributed by atoms with E-state index in [4.69, 9.17) is 4.74 Å². The fourth-order valence-electron chi connectivity index (χ4n) is 2.92. The van der Waals surface area contributed by atoms with E-state index in [1.807, 2.05) is 24.3 Å². The van der Waals surface area contributed by atoms with E-state index in [0.29, 0.717) is 5.46 Å². The lowest BCUT2D eigenvalue weighted by Crippen LogP contribution is -2.29. The predicted molar refractivity (Wildman–Crippen MR) is 102 cm³/mol. The highest BCUT2D eigenvalue weighted by Crippen LogP contribution is 2.20. The number of ether oxygens (including phenoxy) is 1. The molecule has 0 amide bonds. The quantitative estimate of drug-likeness (QED) is 0.483. The van der Waals surface area contributed by atoms with Crippen LogP contribution in [0.5, 0.6) is 5.75 Å². The molecule has 0 radical (unpaired) electrons. The van der Waals surface area contributed by atoms with Crippen LogP contribution >= 0.6 is 0 Å².